The van der Waals surface area contributed by atoms with Crippen molar-refractivity contribution in [1.29, 1.82) is 0 Å². The van der Waals surface area contributed by atoms with E-state index in [1.54, 1.807) is 77.9 Å². The summed E-state index contributed by atoms with van der Waals surface area (Å²) < 4.78 is 61.3. The number of hydrogen-bond acceptors (Lipinski definition) is 25. The molecule has 114 heavy (non-hydrogen) atoms. The lowest BCUT2D eigenvalue weighted by molar-refractivity contribution is 0.0496. The summed E-state index contributed by atoms with van der Waals surface area (Å²) in [7, 11) is -2.07. The number of likely N-dealkylation sites (tertiary alicyclic amines) is 3. The van der Waals surface area contributed by atoms with Gasteiger partial charge in [0.05, 0.1) is 50.2 Å². The van der Waals surface area contributed by atoms with Gasteiger partial charge in [-0.1, -0.05) is 27.6 Å². The third kappa shape index (κ3) is 15.3. The summed E-state index contributed by atoms with van der Waals surface area (Å²) in [5.41, 5.74) is 11.2. The van der Waals surface area contributed by atoms with Gasteiger partial charge in [0.2, 0.25) is 0 Å². The maximum Gasteiger partial charge on any atom is 0.276 e. The number of H-pyrrole nitrogens is 4. The fourth-order valence-electron chi connectivity index (χ4n) is 14.1. The first-order chi connectivity index (χ1) is 55.4. The van der Waals surface area contributed by atoms with Gasteiger partial charge in [0.1, 0.15) is 33.9 Å². The van der Waals surface area contributed by atoms with Crippen LogP contribution in [0.4, 0.5) is 54.8 Å². The van der Waals surface area contributed by atoms with E-state index in [-0.39, 0.29) is 47.3 Å². The molecule has 0 saturated carbocycles. The first kappa shape index (κ1) is 73.0. The van der Waals surface area contributed by atoms with Crippen LogP contribution in [0.15, 0.2) is 164 Å². The average molecular weight is 1560 g/mol. The van der Waals surface area contributed by atoms with Gasteiger partial charge in [-0.05, 0) is 164 Å². The third-order valence-corrected chi connectivity index (χ3v) is 22.5. The van der Waals surface area contributed by atoms with Gasteiger partial charge in [-0.2, -0.15) is 20.4 Å². The minimum Gasteiger partial charge on any atom is -0.355 e. The fourth-order valence-corrected chi connectivity index (χ4v) is 15.4. The molecule has 4 saturated heterocycles. The molecule has 16 heterocycles. The molecule has 20 rings (SSSR count). The number of nitrogens with one attached hydrogen (secondary N) is 8. The Labute approximate surface area is 645 Å². The van der Waals surface area contributed by atoms with Crippen molar-refractivity contribution < 1.29 is 50.3 Å². The number of pyridine rings is 4. The first-order valence-electron chi connectivity index (χ1n) is 37.0. The van der Waals surface area contributed by atoms with Crippen molar-refractivity contribution in [2.75, 3.05) is 85.1 Å². The Morgan fingerprint density at radius 3 is 1.11 bits per heavy atom. The summed E-state index contributed by atoms with van der Waals surface area (Å²) in [6, 6.07) is 36.6. The number of alkyl halides is 2. The average Bonchev–Trinajstić information content (AvgIpc) is 1.53. The number of anilines is 8. The molecule has 1 unspecified atom stereocenters. The van der Waals surface area contributed by atoms with Crippen molar-refractivity contribution in [1.82, 2.24) is 101 Å². The first-order valence-corrected chi connectivity index (χ1v) is 39.1. The topological polar surface area (TPSA) is 417 Å². The quantitative estimate of drug-likeness (QED) is 0.0527. The largest absolute Gasteiger partial charge is 0.355 e. The molecule has 4 amide bonds. The van der Waals surface area contributed by atoms with Crippen molar-refractivity contribution in [3.05, 3.63) is 169 Å². The van der Waals surface area contributed by atoms with Crippen molar-refractivity contribution in [2.45, 2.75) is 64.2 Å². The van der Waals surface area contributed by atoms with E-state index >= 15 is 0 Å². The molecule has 0 spiro atoms. The smallest absolute Gasteiger partial charge is 0.276 e. The molecular formula is C78H74F2N24O9S. The van der Waals surface area contributed by atoms with E-state index < -0.39 is 21.4 Å². The van der Waals surface area contributed by atoms with Crippen LogP contribution in [0.1, 0.15) is 94.3 Å². The number of nitrogens with zero attached hydrogens (tertiary/aromatic N) is 16. The van der Waals surface area contributed by atoms with E-state index in [4.69, 9.17) is 18.1 Å². The standard InChI is InChI=1S/C20H19FN6O2.C20H20N6O2.C19H17FN6O2.C19H18N6O3S/c1-20(21)6-9-27(10-7-20)19(28)16-13-5-4-12(11-15(13)29-26-16)23-18-17-14(24-25-18)3-2-8-22-17;1-12-6-9-26(10-7-12)20(27)17-14-5-4-13(11-16(14)28-25-17)22-19-18-15(23-24-19)3-2-8-21-18;20-11-3-2-8-26(10-11)19(27)16-13-6-5-12(9-15(13)28-25-16)22-18-17-14(23-24-18)4-1-7-21-17;1-29(27)9-7-25(8-10-29)19(26)16-13-5-4-12(11-15(13)28-24-16)21-18-17-14(22-23-18)3-2-6-20-17/h2-5,8,11H,6-7,9-10H2,1H3,(H2,23,24,25);2-5,8,11-12H,6-7,9-10H2,1H3,(H2,22,23,24);1,4-7,9,11H,2-3,8,10H2,(H2,22,23,24);2-6,11H,1,7-10H2,(H2,21,22,23). The molecule has 580 valence electrons. The van der Waals surface area contributed by atoms with Crippen LogP contribution >= 0.6 is 0 Å². The van der Waals surface area contributed by atoms with Gasteiger partial charge in [0.15, 0.2) is 68.4 Å². The highest BCUT2D eigenvalue weighted by Gasteiger charge is 2.35. The Morgan fingerprint density at radius 2 is 0.772 bits per heavy atom. The van der Waals surface area contributed by atoms with Crippen molar-refractivity contribution >= 4 is 173 Å². The second-order valence-electron chi connectivity index (χ2n) is 28.7. The summed E-state index contributed by atoms with van der Waals surface area (Å²) in [6.07, 6.45) is 9.71. The lowest BCUT2D eigenvalue weighted by atomic mass is 9.95. The van der Waals surface area contributed by atoms with Gasteiger partial charge in [0, 0.05) is 129 Å². The van der Waals surface area contributed by atoms with Crippen LogP contribution in [-0.4, -0.2) is 210 Å². The highest BCUT2D eigenvalue weighted by atomic mass is 32.2. The number of aromatic nitrogens is 16. The molecule has 4 aliphatic rings. The van der Waals surface area contributed by atoms with Gasteiger partial charge in [-0.15, -0.1) is 0 Å². The predicted molar refractivity (Wildman–Crippen MR) is 425 cm³/mol. The molecule has 8 N–H and O–H groups in total. The van der Waals surface area contributed by atoms with Crippen molar-refractivity contribution in [3.8, 4) is 0 Å². The Morgan fingerprint density at radius 1 is 0.456 bits per heavy atom. The normalized spacial score (nSPS) is 16.4. The van der Waals surface area contributed by atoms with Gasteiger partial charge in [0.25, 0.3) is 23.6 Å². The summed E-state index contributed by atoms with van der Waals surface area (Å²) in [4.78, 5) is 75.1. The second kappa shape index (κ2) is 30.8. The van der Waals surface area contributed by atoms with Crippen LogP contribution in [0.25, 0.3) is 88.0 Å². The molecule has 0 aliphatic carbocycles. The Hall–Kier alpha value is -13.8. The Balaban J connectivity index is 0.000000110. The lowest BCUT2D eigenvalue weighted by Gasteiger charge is -2.33. The molecule has 0 bridgehead atoms. The molecule has 4 aromatic carbocycles. The number of amides is 4. The number of piperidine rings is 3. The predicted octanol–water partition coefficient (Wildman–Crippen LogP) is 13.0. The number of fused-ring (bicyclic) bond motifs is 8. The van der Waals surface area contributed by atoms with E-state index in [0.717, 1.165) is 98.2 Å². The Kier molecular flexibility index (Phi) is 19.7. The zero-order chi connectivity index (χ0) is 78.2. The van der Waals surface area contributed by atoms with E-state index in [1.165, 1.54) is 4.90 Å². The van der Waals surface area contributed by atoms with E-state index in [9.17, 15) is 32.2 Å². The molecule has 0 radical (unpaired) electrons. The SMILES string of the molecule is C=S1(=O)CCN(C(=O)c2noc3cc(Nc4n[nH]c5cccnc45)ccc23)CC1.CC1(F)CCN(C(=O)c2noc3cc(Nc4n[nH]c5cccnc45)ccc23)CC1.CC1CCN(C(=O)c2noc3cc(Nc4n[nH]c5cccnc45)ccc23)CC1.O=C(c1noc2cc(Nc3n[nH]c4cccnc34)ccc12)N1CCCC(F)C1. The number of benzene rings is 4. The molecule has 1 atom stereocenters. The summed E-state index contributed by atoms with van der Waals surface area (Å²) in [5, 5.41) is 60.0. The maximum atomic E-state index is 14.0. The molecular weight excluding hydrogens is 1490 g/mol. The lowest BCUT2D eigenvalue weighted by Crippen LogP contribution is -2.43. The van der Waals surface area contributed by atoms with Gasteiger partial charge in [-0.3, -0.25) is 63.7 Å². The van der Waals surface area contributed by atoms with E-state index in [0.29, 0.717) is 143 Å². The highest BCUT2D eigenvalue weighted by Crippen LogP contribution is 2.35. The van der Waals surface area contributed by atoms with Crippen LogP contribution < -0.4 is 21.3 Å². The second-order valence-corrected chi connectivity index (χ2v) is 31.4. The minimum absolute atomic E-state index is 0.0612. The van der Waals surface area contributed by atoms with Crippen LogP contribution in [0.5, 0.6) is 0 Å². The number of rotatable bonds is 12. The number of aromatic amines is 4. The number of hydrogen-bond donors (Lipinski definition) is 8. The molecule has 16 aromatic rings. The molecule has 36 heteroatoms. The van der Waals surface area contributed by atoms with Gasteiger partial charge < -0.3 is 59.0 Å². The fraction of sp³-hybridized carbons (Fsp3) is 0.269. The highest BCUT2D eigenvalue weighted by molar-refractivity contribution is 8.00. The van der Waals surface area contributed by atoms with Crippen molar-refractivity contribution in [2.24, 2.45) is 5.92 Å². The summed E-state index contributed by atoms with van der Waals surface area (Å²) >= 11 is 0. The third-order valence-electron chi connectivity index (χ3n) is 20.6. The van der Waals surface area contributed by atoms with Gasteiger partial charge in [-0.25, -0.2) is 8.78 Å². The minimum atomic E-state index is -2.07. The van der Waals surface area contributed by atoms with Crippen LogP contribution in [0, 0.1) is 5.92 Å². The molecule has 4 aliphatic heterocycles. The summed E-state index contributed by atoms with van der Waals surface area (Å²) in [6.45, 7) is 7.55. The number of carbonyl (C=O) groups excluding carboxylic acids is 4. The van der Waals surface area contributed by atoms with E-state index in [2.05, 4.69) is 115 Å². The number of halogens is 2. The van der Waals surface area contributed by atoms with Crippen molar-refractivity contribution in [3.63, 3.8) is 0 Å². The number of carbonyl (C=O) groups is 4. The summed E-state index contributed by atoms with van der Waals surface area (Å²) in [5.74, 6) is 6.82. The van der Waals surface area contributed by atoms with Crippen LogP contribution in [0.2, 0.25) is 0 Å². The molecule has 4 fully saturated rings. The van der Waals surface area contributed by atoms with Crippen LogP contribution in [-0.2, 0) is 9.52 Å². The van der Waals surface area contributed by atoms with E-state index in [1.807, 2.05) is 89.8 Å². The van der Waals surface area contributed by atoms with Gasteiger partial charge >= 0.3 is 0 Å². The monoisotopic (exact) mass is 1560 g/mol. The molecule has 12 aromatic heterocycles. The zero-order valence-corrected chi connectivity index (χ0v) is 62.3. The Bertz CT molecular complexity index is 6390. The maximum absolute atomic E-state index is 14.0. The zero-order valence-electron chi connectivity index (χ0n) is 61.5. The molecule has 33 nitrogen and oxygen atoms in total. The van der Waals surface area contributed by atoms with Crippen LogP contribution in [0.3, 0.4) is 0 Å².